The summed E-state index contributed by atoms with van der Waals surface area (Å²) in [6.07, 6.45) is 1.33. The zero-order chi connectivity index (χ0) is 20.0. The fourth-order valence-corrected chi connectivity index (χ4v) is 3.44. The van der Waals surface area contributed by atoms with Gasteiger partial charge in [-0.15, -0.1) is 0 Å². The largest absolute Gasteiger partial charge is 0.480 e. The van der Waals surface area contributed by atoms with Crippen molar-refractivity contribution in [2.75, 3.05) is 13.1 Å². The van der Waals surface area contributed by atoms with Gasteiger partial charge in [0.15, 0.2) is 0 Å². The summed E-state index contributed by atoms with van der Waals surface area (Å²) in [6, 6.07) is 6.03. The first-order valence-electron chi connectivity index (χ1n) is 8.85. The first-order chi connectivity index (χ1) is 12.8. The Bertz CT molecular complexity index is 694. The molecule has 2 rings (SSSR count). The van der Waals surface area contributed by atoms with Crippen molar-refractivity contribution in [3.63, 3.8) is 0 Å². The molecule has 1 aromatic rings. The second-order valence-corrected chi connectivity index (χ2v) is 7.11. The van der Waals surface area contributed by atoms with E-state index in [4.69, 9.17) is 22.4 Å². The zero-order valence-corrected chi connectivity index (χ0v) is 15.9. The minimum Gasteiger partial charge on any atom is -0.480 e. The lowest BCUT2D eigenvalue weighted by molar-refractivity contribution is -0.139. The molecule has 0 aliphatic heterocycles. The highest BCUT2D eigenvalue weighted by Gasteiger charge is 2.35. The molecule has 0 radical (unpaired) electrons. The molecule has 5 N–H and O–H groups in total. The van der Waals surface area contributed by atoms with Gasteiger partial charge >= 0.3 is 12.0 Å². The smallest absolute Gasteiger partial charge is 0.317 e. The van der Waals surface area contributed by atoms with Gasteiger partial charge in [-0.3, -0.25) is 14.5 Å². The van der Waals surface area contributed by atoms with Crippen molar-refractivity contribution in [3.05, 3.63) is 34.9 Å². The minimum absolute atomic E-state index is 0.00443. The maximum atomic E-state index is 12.3. The Labute approximate surface area is 163 Å². The lowest BCUT2D eigenvalue weighted by Crippen LogP contribution is -2.56. The van der Waals surface area contributed by atoms with Gasteiger partial charge in [0.2, 0.25) is 5.91 Å². The molecule has 0 heterocycles. The first kappa shape index (κ1) is 21.0. The standard InChI is InChI=1S/C18H25ClN4O4/c1-2-23(10-17(25)26)14-7-13(8-14)21-18(27)22-15(9-16(20)24)11-4-3-5-12(19)6-11/h3-6,13-15H,2,7-10H2,1H3,(H2,20,24)(H,25,26)(H2,21,22,27)/t13?,14?,15-/m1/s1. The molecule has 1 atom stereocenters. The number of nitrogens with one attached hydrogen (secondary N) is 2. The van der Waals surface area contributed by atoms with E-state index >= 15 is 0 Å². The highest BCUT2D eigenvalue weighted by atomic mass is 35.5. The molecule has 8 nitrogen and oxygen atoms in total. The molecular formula is C18H25ClN4O4. The Morgan fingerprint density at radius 1 is 1.37 bits per heavy atom. The van der Waals surface area contributed by atoms with Gasteiger partial charge in [0.25, 0.3) is 0 Å². The first-order valence-corrected chi connectivity index (χ1v) is 9.23. The van der Waals surface area contributed by atoms with Gasteiger partial charge in [-0.05, 0) is 37.1 Å². The monoisotopic (exact) mass is 396 g/mol. The van der Waals surface area contributed by atoms with E-state index in [1.165, 1.54) is 0 Å². The topological polar surface area (TPSA) is 125 Å². The Hall–Kier alpha value is -2.32. The number of likely N-dealkylation sites (N-methyl/N-ethyl adjacent to an activating group) is 1. The molecule has 148 valence electrons. The van der Waals surface area contributed by atoms with E-state index in [2.05, 4.69) is 10.6 Å². The van der Waals surface area contributed by atoms with Crippen LogP contribution in [0.3, 0.4) is 0 Å². The van der Waals surface area contributed by atoms with Crippen LogP contribution in [0.2, 0.25) is 5.02 Å². The van der Waals surface area contributed by atoms with E-state index in [0.29, 0.717) is 30.0 Å². The molecule has 0 bridgehead atoms. The van der Waals surface area contributed by atoms with Crippen LogP contribution in [0.15, 0.2) is 24.3 Å². The molecule has 3 amide bonds. The summed E-state index contributed by atoms with van der Waals surface area (Å²) < 4.78 is 0. The number of carbonyl (C=O) groups is 3. The number of aliphatic carboxylic acids is 1. The number of amides is 3. The lowest BCUT2D eigenvalue weighted by atomic mass is 9.85. The number of hydrogen-bond donors (Lipinski definition) is 4. The van der Waals surface area contributed by atoms with Crippen LogP contribution in [0.4, 0.5) is 4.79 Å². The van der Waals surface area contributed by atoms with E-state index in [1.807, 2.05) is 11.8 Å². The third-order valence-corrected chi connectivity index (χ3v) is 4.91. The van der Waals surface area contributed by atoms with Crippen molar-refractivity contribution in [1.29, 1.82) is 0 Å². The normalized spacial score (nSPS) is 19.8. The summed E-state index contributed by atoms with van der Waals surface area (Å²) in [4.78, 5) is 36.4. The van der Waals surface area contributed by atoms with Gasteiger partial charge in [-0.2, -0.15) is 0 Å². The number of carbonyl (C=O) groups excluding carboxylic acids is 2. The third-order valence-electron chi connectivity index (χ3n) is 4.67. The molecule has 0 spiro atoms. The average molecular weight is 397 g/mol. The number of nitrogens with zero attached hydrogens (tertiary/aromatic N) is 1. The maximum absolute atomic E-state index is 12.3. The van der Waals surface area contributed by atoms with Crippen molar-refractivity contribution >= 4 is 29.5 Å². The number of hydrogen-bond acceptors (Lipinski definition) is 4. The van der Waals surface area contributed by atoms with Crippen LogP contribution in [0.25, 0.3) is 0 Å². The summed E-state index contributed by atoms with van der Waals surface area (Å²) >= 11 is 5.98. The number of rotatable bonds is 9. The van der Waals surface area contributed by atoms with Gasteiger partial charge in [0.1, 0.15) is 0 Å². The number of primary amides is 1. The predicted octanol–water partition coefficient (Wildman–Crippen LogP) is 1.49. The van der Waals surface area contributed by atoms with Crippen LogP contribution in [-0.4, -0.2) is 53.1 Å². The Morgan fingerprint density at radius 3 is 2.63 bits per heavy atom. The van der Waals surface area contributed by atoms with Crippen LogP contribution in [0, 0.1) is 0 Å². The Balaban J connectivity index is 1.88. The van der Waals surface area contributed by atoms with Gasteiger partial charge in [-0.25, -0.2) is 4.79 Å². The van der Waals surface area contributed by atoms with Gasteiger partial charge in [0, 0.05) is 17.1 Å². The number of benzene rings is 1. The van der Waals surface area contributed by atoms with Crippen molar-refractivity contribution in [2.24, 2.45) is 5.73 Å². The zero-order valence-electron chi connectivity index (χ0n) is 15.2. The number of nitrogens with two attached hydrogens (primary N) is 1. The molecule has 1 aromatic carbocycles. The van der Waals surface area contributed by atoms with Crippen molar-refractivity contribution < 1.29 is 19.5 Å². The van der Waals surface area contributed by atoms with Gasteiger partial charge in [-0.1, -0.05) is 30.7 Å². The summed E-state index contributed by atoms with van der Waals surface area (Å²) in [5, 5.41) is 15.1. The number of carboxylic acid groups (broad SMARTS) is 1. The second-order valence-electron chi connectivity index (χ2n) is 6.67. The molecule has 27 heavy (non-hydrogen) atoms. The summed E-state index contributed by atoms with van der Waals surface area (Å²) in [5.74, 6) is -1.39. The molecule has 1 fully saturated rings. The molecule has 1 saturated carbocycles. The molecule has 1 aliphatic carbocycles. The van der Waals surface area contributed by atoms with Crippen LogP contribution in [0.5, 0.6) is 0 Å². The van der Waals surface area contributed by atoms with Crippen molar-refractivity contribution in [1.82, 2.24) is 15.5 Å². The number of carboxylic acids is 1. The molecule has 0 unspecified atom stereocenters. The van der Waals surface area contributed by atoms with Crippen LogP contribution in [-0.2, 0) is 9.59 Å². The fourth-order valence-electron chi connectivity index (χ4n) is 3.24. The second kappa shape index (κ2) is 9.57. The van der Waals surface area contributed by atoms with Crippen LogP contribution < -0.4 is 16.4 Å². The number of urea groups is 1. The molecule has 1 aliphatic rings. The predicted molar refractivity (Wildman–Crippen MR) is 101 cm³/mol. The van der Waals surface area contributed by atoms with Crippen molar-refractivity contribution in [2.45, 2.75) is 44.3 Å². The summed E-state index contributed by atoms with van der Waals surface area (Å²) in [6.45, 7) is 2.55. The van der Waals surface area contributed by atoms with Gasteiger partial charge in [0.05, 0.1) is 19.0 Å². The van der Waals surface area contributed by atoms with E-state index in [-0.39, 0.29) is 25.0 Å². The van der Waals surface area contributed by atoms with Crippen LogP contribution >= 0.6 is 11.6 Å². The SMILES string of the molecule is CCN(CC(=O)O)C1CC(NC(=O)N[C@H](CC(N)=O)c2cccc(Cl)c2)C1. The Kier molecular flexibility index (Phi) is 7.44. The quantitative estimate of drug-likeness (QED) is 0.503. The van der Waals surface area contributed by atoms with E-state index in [1.54, 1.807) is 24.3 Å². The molecule has 0 saturated heterocycles. The summed E-state index contributed by atoms with van der Waals surface area (Å²) in [7, 11) is 0. The molecule has 9 heteroatoms. The average Bonchev–Trinajstić information content (AvgIpc) is 2.54. The number of halogens is 1. The van der Waals surface area contributed by atoms with Crippen LogP contribution in [0.1, 0.15) is 37.8 Å². The molecular weight excluding hydrogens is 372 g/mol. The van der Waals surface area contributed by atoms with E-state index in [0.717, 1.165) is 0 Å². The highest BCUT2D eigenvalue weighted by molar-refractivity contribution is 6.30. The lowest BCUT2D eigenvalue weighted by Gasteiger charge is -2.42. The van der Waals surface area contributed by atoms with Crippen molar-refractivity contribution in [3.8, 4) is 0 Å². The van der Waals surface area contributed by atoms with Gasteiger partial charge < -0.3 is 21.5 Å². The molecule has 0 aromatic heterocycles. The van der Waals surface area contributed by atoms with E-state index < -0.39 is 23.9 Å². The maximum Gasteiger partial charge on any atom is 0.317 e. The van der Waals surface area contributed by atoms with E-state index in [9.17, 15) is 14.4 Å². The highest BCUT2D eigenvalue weighted by Crippen LogP contribution is 2.26. The summed E-state index contributed by atoms with van der Waals surface area (Å²) in [5.41, 5.74) is 5.99. The third kappa shape index (κ3) is 6.41. The Morgan fingerprint density at radius 2 is 2.07 bits per heavy atom. The fraction of sp³-hybridized carbons (Fsp3) is 0.500. The minimum atomic E-state index is -0.859.